The number of carbonyl (C=O) groups excluding carboxylic acids is 2. The Morgan fingerprint density at radius 3 is 2.46 bits per heavy atom. The average molecular weight is 355 g/mol. The van der Waals surface area contributed by atoms with Gasteiger partial charge >= 0.3 is 0 Å². The first-order chi connectivity index (χ1) is 12.5. The number of halogens is 1. The SMILES string of the molecule is CN(C)C(=O)[C@H]1C[C@@H](NC(=O)c2ccccn2)C[C@@H]1c1ccc(F)cc1. The maximum atomic E-state index is 13.3. The summed E-state index contributed by atoms with van der Waals surface area (Å²) < 4.78 is 13.3. The molecule has 0 unspecified atom stereocenters. The quantitative estimate of drug-likeness (QED) is 0.917. The fourth-order valence-electron chi connectivity index (χ4n) is 3.60. The lowest BCUT2D eigenvalue weighted by atomic mass is 9.88. The highest BCUT2D eigenvalue weighted by molar-refractivity contribution is 5.92. The van der Waals surface area contributed by atoms with Crippen LogP contribution in [0.5, 0.6) is 0 Å². The minimum Gasteiger partial charge on any atom is -0.349 e. The van der Waals surface area contributed by atoms with E-state index in [0.717, 1.165) is 5.56 Å². The molecule has 26 heavy (non-hydrogen) atoms. The number of hydrogen-bond acceptors (Lipinski definition) is 3. The van der Waals surface area contributed by atoms with Gasteiger partial charge in [0.15, 0.2) is 0 Å². The number of carbonyl (C=O) groups is 2. The lowest BCUT2D eigenvalue weighted by molar-refractivity contribution is -0.133. The Balaban J connectivity index is 1.78. The summed E-state index contributed by atoms with van der Waals surface area (Å²) in [5, 5.41) is 2.98. The Bertz CT molecular complexity index is 777. The van der Waals surface area contributed by atoms with Gasteiger partial charge in [-0.05, 0) is 48.6 Å². The van der Waals surface area contributed by atoms with Crippen LogP contribution in [0.15, 0.2) is 48.7 Å². The third-order valence-electron chi connectivity index (χ3n) is 4.85. The molecule has 1 aromatic heterocycles. The largest absolute Gasteiger partial charge is 0.349 e. The summed E-state index contributed by atoms with van der Waals surface area (Å²) in [6, 6.07) is 11.3. The molecule has 0 bridgehead atoms. The maximum Gasteiger partial charge on any atom is 0.270 e. The van der Waals surface area contributed by atoms with Crippen molar-refractivity contribution < 1.29 is 14.0 Å². The molecule has 1 saturated carbocycles. The van der Waals surface area contributed by atoms with Crippen LogP contribution in [-0.2, 0) is 4.79 Å². The van der Waals surface area contributed by atoms with E-state index in [1.54, 1.807) is 55.5 Å². The molecule has 3 atom stereocenters. The van der Waals surface area contributed by atoms with Crippen LogP contribution in [0, 0.1) is 11.7 Å². The summed E-state index contributed by atoms with van der Waals surface area (Å²) in [5.74, 6) is -0.827. The summed E-state index contributed by atoms with van der Waals surface area (Å²) >= 11 is 0. The van der Waals surface area contributed by atoms with E-state index in [9.17, 15) is 14.0 Å². The highest BCUT2D eigenvalue weighted by Crippen LogP contribution is 2.40. The van der Waals surface area contributed by atoms with Crippen LogP contribution in [0.2, 0.25) is 0 Å². The zero-order valence-electron chi connectivity index (χ0n) is 14.9. The first-order valence-electron chi connectivity index (χ1n) is 8.64. The molecule has 1 aliphatic carbocycles. The minimum absolute atomic E-state index is 0.0221. The van der Waals surface area contributed by atoms with Gasteiger partial charge < -0.3 is 10.2 Å². The average Bonchev–Trinajstić information content (AvgIpc) is 3.06. The molecule has 5 nitrogen and oxygen atoms in total. The topological polar surface area (TPSA) is 62.3 Å². The standard InChI is InChI=1S/C20H22FN3O2/c1-24(2)20(26)17-12-15(23-19(25)18-5-3-4-10-22-18)11-16(17)13-6-8-14(21)9-7-13/h3-10,15-17H,11-12H2,1-2H3,(H,23,25)/t15-,16+,17-/m0/s1. The van der Waals surface area contributed by atoms with Gasteiger partial charge in [-0.15, -0.1) is 0 Å². The fraction of sp³-hybridized carbons (Fsp3) is 0.350. The Kier molecular flexibility index (Phi) is 5.30. The summed E-state index contributed by atoms with van der Waals surface area (Å²) in [6.07, 6.45) is 2.76. The molecular formula is C20H22FN3O2. The summed E-state index contributed by atoms with van der Waals surface area (Å²) in [4.78, 5) is 30.6. The van der Waals surface area contributed by atoms with Gasteiger partial charge in [-0.2, -0.15) is 0 Å². The number of nitrogens with zero attached hydrogens (tertiary/aromatic N) is 2. The number of nitrogens with one attached hydrogen (secondary N) is 1. The number of amides is 2. The third kappa shape index (κ3) is 3.90. The van der Waals surface area contributed by atoms with Gasteiger partial charge in [-0.25, -0.2) is 4.39 Å². The highest BCUT2D eigenvalue weighted by atomic mass is 19.1. The molecule has 2 amide bonds. The van der Waals surface area contributed by atoms with E-state index in [1.165, 1.54) is 12.1 Å². The second-order valence-electron chi connectivity index (χ2n) is 6.85. The van der Waals surface area contributed by atoms with Crippen LogP contribution < -0.4 is 5.32 Å². The number of rotatable bonds is 4. The maximum absolute atomic E-state index is 13.3. The van der Waals surface area contributed by atoms with Crippen LogP contribution >= 0.6 is 0 Å². The molecule has 0 saturated heterocycles. The molecule has 0 aliphatic heterocycles. The third-order valence-corrected chi connectivity index (χ3v) is 4.85. The van der Waals surface area contributed by atoms with Crippen molar-refractivity contribution in [2.75, 3.05) is 14.1 Å². The first-order valence-corrected chi connectivity index (χ1v) is 8.64. The monoisotopic (exact) mass is 355 g/mol. The normalized spacial score (nSPS) is 22.0. The Labute approximate surface area is 152 Å². The molecule has 6 heteroatoms. The number of hydrogen-bond donors (Lipinski definition) is 1. The van der Waals surface area contributed by atoms with Crippen molar-refractivity contribution in [1.29, 1.82) is 0 Å². The second-order valence-corrected chi connectivity index (χ2v) is 6.85. The summed E-state index contributed by atoms with van der Waals surface area (Å²) in [7, 11) is 3.45. The van der Waals surface area contributed by atoms with Crippen molar-refractivity contribution in [3.05, 3.63) is 65.7 Å². The first kappa shape index (κ1) is 18.0. The zero-order chi connectivity index (χ0) is 18.7. The van der Waals surface area contributed by atoms with Gasteiger partial charge in [-0.1, -0.05) is 18.2 Å². The zero-order valence-corrected chi connectivity index (χ0v) is 14.9. The van der Waals surface area contributed by atoms with Gasteiger partial charge in [0, 0.05) is 32.3 Å². The summed E-state index contributed by atoms with van der Waals surface area (Å²) in [6.45, 7) is 0. The number of aromatic nitrogens is 1. The molecule has 0 spiro atoms. The van der Waals surface area contributed by atoms with Crippen molar-refractivity contribution in [2.45, 2.75) is 24.8 Å². The Morgan fingerprint density at radius 1 is 1.12 bits per heavy atom. The van der Waals surface area contributed by atoms with Crippen LogP contribution in [-0.4, -0.2) is 41.8 Å². The lowest BCUT2D eigenvalue weighted by Gasteiger charge is -2.22. The van der Waals surface area contributed by atoms with Crippen LogP contribution in [0.1, 0.15) is 34.8 Å². The summed E-state index contributed by atoms with van der Waals surface area (Å²) in [5.41, 5.74) is 1.27. The smallest absolute Gasteiger partial charge is 0.270 e. The lowest BCUT2D eigenvalue weighted by Crippen LogP contribution is -2.35. The van der Waals surface area contributed by atoms with Crippen LogP contribution in [0.25, 0.3) is 0 Å². The van der Waals surface area contributed by atoms with Crippen molar-refractivity contribution in [3.8, 4) is 0 Å². The van der Waals surface area contributed by atoms with Gasteiger partial charge in [0.25, 0.3) is 5.91 Å². The van der Waals surface area contributed by atoms with E-state index in [1.807, 2.05) is 0 Å². The highest BCUT2D eigenvalue weighted by Gasteiger charge is 2.40. The Morgan fingerprint density at radius 2 is 1.85 bits per heavy atom. The van der Waals surface area contributed by atoms with Crippen LogP contribution in [0.3, 0.4) is 0 Å². The van der Waals surface area contributed by atoms with E-state index in [-0.39, 0.29) is 35.5 Å². The predicted molar refractivity (Wildman–Crippen MR) is 96.1 cm³/mol. The molecule has 136 valence electrons. The van der Waals surface area contributed by atoms with E-state index in [0.29, 0.717) is 18.5 Å². The number of pyridine rings is 1. The molecule has 2 aromatic rings. The van der Waals surface area contributed by atoms with E-state index >= 15 is 0 Å². The van der Waals surface area contributed by atoms with Crippen molar-refractivity contribution in [1.82, 2.24) is 15.2 Å². The predicted octanol–water partition coefficient (Wildman–Crippen LogP) is 2.60. The van der Waals surface area contributed by atoms with Crippen molar-refractivity contribution in [2.24, 2.45) is 5.92 Å². The molecule has 1 N–H and O–H groups in total. The van der Waals surface area contributed by atoms with Gasteiger partial charge in [0.2, 0.25) is 5.91 Å². The van der Waals surface area contributed by atoms with E-state index in [4.69, 9.17) is 0 Å². The fourth-order valence-corrected chi connectivity index (χ4v) is 3.60. The van der Waals surface area contributed by atoms with Gasteiger partial charge in [0.1, 0.15) is 11.5 Å². The van der Waals surface area contributed by atoms with Crippen molar-refractivity contribution >= 4 is 11.8 Å². The Hall–Kier alpha value is -2.76. The molecule has 1 fully saturated rings. The molecule has 1 aliphatic rings. The van der Waals surface area contributed by atoms with E-state index in [2.05, 4.69) is 10.3 Å². The molecule has 1 heterocycles. The minimum atomic E-state index is -0.303. The van der Waals surface area contributed by atoms with E-state index < -0.39 is 0 Å². The van der Waals surface area contributed by atoms with Gasteiger partial charge in [-0.3, -0.25) is 14.6 Å². The molecule has 0 radical (unpaired) electrons. The molecular weight excluding hydrogens is 333 g/mol. The molecule has 3 rings (SSSR count). The number of benzene rings is 1. The van der Waals surface area contributed by atoms with Gasteiger partial charge in [0.05, 0.1) is 0 Å². The van der Waals surface area contributed by atoms with Crippen molar-refractivity contribution in [3.63, 3.8) is 0 Å². The molecule has 1 aromatic carbocycles. The van der Waals surface area contributed by atoms with Crippen LogP contribution in [0.4, 0.5) is 4.39 Å². The second kappa shape index (κ2) is 7.64.